The summed E-state index contributed by atoms with van der Waals surface area (Å²) < 4.78 is 0. The quantitative estimate of drug-likeness (QED) is 0.644. The minimum atomic E-state index is 0. The van der Waals surface area contributed by atoms with Crippen LogP contribution in [0.15, 0.2) is 12.4 Å². The van der Waals surface area contributed by atoms with E-state index in [4.69, 9.17) is 0 Å². The Kier molecular flexibility index (Phi) is 9.53. The minimum absolute atomic E-state index is 0. The third kappa shape index (κ3) is 4.26. The van der Waals surface area contributed by atoms with Crippen molar-refractivity contribution in [2.45, 2.75) is 0 Å². The molecule has 0 amide bonds. The predicted molar refractivity (Wildman–Crippen MR) is 15.4 cm³/mol. The molecule has 0 aromatic carbocycles. The summed E-state index contributed by atoms with van der Waals surface area (Å²) in [5.74, 6) is 0. The Morgan fingerprint density at radius 2 is 2.14 bits per heavy atom. The topological polar surface area (TPSA) is 39.9 Å². The molecule has 3 nitrogen and oxygen atoms in total. The van der Waals surface area contributed by atoms with Crippen LogP contribution in [-0.2, 0) is 39.6 Å². The second-order valence-electron chi connectivity index (χ2n) is 0.619. The summed E-state index contributed by atoms with van der Waals surface area (Å²) in [5, 5.41) is 9.94. The number of nitrogens with zero attached hydrogens (tertiary/aromatic N) is 3. The van der Waals surface area contributed by atoms with Gasteiger partial charge in [0.2, 0.25) is 0 Å². The van der Waals surface area contributed by atoms with Gasteiger partial charge in [0.25, 0.3) is 0 Å². The van der Waals surface area contributed by atoms with E-state index >= 15 is 0 Å². The van der Waals surface area contributed by atoms with Crippen molar-refractivity contribution in [3.63, 3.8) is 0 Å². The second-order valence-corrected chi connectivity index (χ2v) is 0.619. The third-order valence-corrected chi connectivity index (χ3v) is 0.303. The largest absolute Gasteiger partial charge is 0.359 e. The summed E-state index contributed by atoms with van der Waals surface area (Å²) >= 11 is 0. The Hall–Kier alpha value is 0.413. The van der Waals surface area contributed by atoms with Gasteiger partial charge in [-0.2, -0.15) is 0 Å². The van der Waals surface area contributed by atoms with Gasteiger partial charge < -0.3 is 10.2 Å². The fourth-order valence-corrected chi connectivity index (χ4v) is 0.149. The molecule has 5 heteroatoms. The Labute approximate surface area is 67.4 Å². The number of hydrogen-bond donors (Lipinski definition) is 0. The van der Waals surface area contributed by atoms with Crippen LogP contribution in [0.5, 0.6) is 0 Å². The maximum atomic E-state index is 3.36. The van der Waals surface area contributed by atoms with Crippen LogP contribution < -0.4 is 5.10 Å². The van der Waals surface area contributed by atoms with Gasteiger partial charge in [-0.1, -0.05) is 12.4 Å². The molecule has 37 valence electrons. The summed E-state index contributed by atoms with van der Waals surface area (Å²) in [6.45, 7) is 0. The summed E-state index contributed by atoms with van der Waals surface area (Å²) in [7, 11) is 0. The fraction of sp³-hybridized carbons (Fsp3) is 0. The molecule has 0 aliphatic carbocycles. The molecule has 0 N–H and O–H groups in total. The SMILES string of the molecule is [V].[W].c1c[n-]nn1. The van der Waals surface area contributed by atoms with E-state index in [0.29, 0.717) is 0 Å². The number of hydrogen-bond acceptors (Lipinski definition) is 2. The molecule has 0 aliphatic rings. The van der Waals surface area contributed by atoms with Crippen molar-refractivity contribution in [2.75, 3.05) is 0 Å². The standard InChI is InChI=1S/C2H2N3.V.W/c1-2-4-5-3-1;;/h1-2H;;/q-1;;. The van der Waals surface area contributed by atoms with Crippen LogP contribution in [0.3, 0.4) is 0 Å². The fourth-order valence-electron chi connectivity index (χ4n) is 0.149. The predicted octanol–water partition coefficient (Wildman–Crippen LogP) is -0.571. The van der Waals surface area contributed by atoms with Gasteiger partial charge in [0, 0.05) is 39.6 Å². The summed E-state index contributed by atoms with van der Waals surface area (Å²) in [6, 6.07) is 0. The first-order valence-corrected chi connectivity index (χ1v) is 1.25. The van der Waals surface area contributed by atoms with Crippen molar-refractivity contribution in [1.82, 2.24) is 15.4 Å². The Bertz CT molecular complexity index is 69.4. The van der Waals surface area contributed by atoms with E-state index in [1.807, 2.05) is 0 Å². The van der Waals surface area contributed by atoms with E-state index in [1.54, 1.807) is 0 Å². The normalized spacial score (nSPS) is 5.71. The molecule has 0 unspecified atom stereocenters. The molecule has 7 heavy (non-hydrogen) atoms. The molecule has 1 aromatic heterocycles. The molecular weight excluding hydrogens is 301 g/mol. The molecule has 1 heterocycles. The molecule has 0 bridgehead atoms. The average molecular weight is 303 g/mol. The van der Waals surface area contributed by atoms with Crippen LogP contribution in [0.2, 0.25) is 0 Å². The smallest absolute Gasteiger partial charge is 0 e. The second kappa shape index (κ2) is 6.41. The van der Waals surface area contributed by atoms with Gasteiger partial charge in [0.05, 0.1) is 0 Å². The minimum Gasteiger partial charge on any atom is -0.359 e. The maximum absolute atomic E-state index is 3.36. The van der Waals surface area contributed by atoms with Crippen molar-refractivity contribution in [3.05, 3.63) is 12.4 Å². The Morgan fingerprint density at radius 1 is 1.43 bits per heavy atom. The zero-order valence-corrected chi connectivity index (χ0v) is 7.68. The van der Waals surface area contributed by atoms with Gasteiger partial charge in [-0.25, -0.2) is 0 Å². The summed E-state index contributed by atoms with van der Waals surface area (Å²) in [4.78, 5) is 0. The van der Waals surface area contributed by atoms with E-state index in [1.165, 1.54) is 12.4 Å². The van der Waals surface area contributed by atoms with Gasteiger partial charge in [0.1, 0.15) is 0 Å². The first kappa shape index (κ1) is 10.4. The molecule has 0 aliphatic heterocycles. The van der Waals surface area contributed by atoms with Gasteiger partial charge >= 0.3 is 0 Å². The number of rotatable bonds is 0. The van der Waals surface area contributed by atoms with Crippen LogP contribution >= 0.6 is 0 Å². The van der Waals surface area contributed by atoms with Gasteiger partial charge in [-0.15, -0.1) is 0 Å². The zero-order valence-electron chi connectivity index (χ0n) is 3.35. The van der Waals surface area contributed by atoms with Crippen molar-refractivity contribution < 1.29 is 39.6 Å². The third-order valence-electron chi connectivity index (χ3n) is 0.303. The van der Waals surface area contributed by atoms with Crippen LogP contribution in [0, 0.1) is 0 Å². The van der Waals surface area contributed by atoms with E-state index < -0.39 is 0 Å². The van der Waals surface area contributed by atoms with E-state index in [9.17, 15) is 0 Å². The first-order chi connectivity index (χ1) is 2.50. The van der Waals surface area contributed by atoms with Crippen molar-refractivity contribution >= 4 is 0 Å². The van der Waals surface area contributed by atoms with Crippen molar-refractivity contribution in [1.29, 1.82) is 0 Å². The van der Waals surface area contributed by atoms with Crippen molar-refractivity contribution in [3.8, 4) is 0 Å². The van der Waals surface area contributed by atoms with E-state index in [2.05, 4.69) is 15.4 Å². The van der Waals surface area contributed by atoms with E-state index in [-0.39, 0.29) is 39.6 Å². The van der Waals surface area contributed by atoms with Crippen LogP contribution in [0.1, 0.15) is 0 Å². The van der Waals surface area contributed by atoms with Gasteiger partial charge in [0.15, 0.2) is 0 Å². The first-order valence-electron chi connectivity index (χ1n) is 1.25. The monoisotopic (exact) mass is 303 g/mol. The maximum Gasteiger partial charge on any atom is 0 e. The van der Waals surface area contributed by atoms with Crippen LogP contribution in [-0.4, -0.2) is 10.3 Å². The van der Waals surface area contributed by atoms with Crippen LogP contribution in [0.4, 0.5) is 0 Å². The molecule has 0 saturated carbocycles. The molecule has 0 atom stereocenters. The number of aromatic nitrogens is 3. The van der Waals surface area contributed by atoms with E-state index in [0.717, 1.165) is 0 Å². The molecule has 0 spiro atoms. The Balaban J connectivity index is 0. The van der Waals surface area contributed by atoms with Crippen LogP contribution in [0.25, 0.3) is 0 Å². The average Bonchev–Trinajstić information content (AvgIpc) is 1.76. The molecule has 0 fully saturated rings. The summed E-state index contributed by atoms with van der Waals surface area (Å²) in [6.07, 6.45) is 3.06. The summed E-state index contributed by atoms with van der Waals surface area (Å²) in [5.41, 5.74) is 0. The molecular formula is C2H2N3VW-. The van der Waals surface area contributed by atoms with Gasteiger partial charge in [-0.3, -0.25) is 5.21 Å². The molecule has 0 saturated heterocycles. The molecule has 1 radical (unpaired) electrons. The molecule has 1 aromatic rings. The zero-order chi connectivity index (χ0) is 3.54. The Morgan fingerprint density at radius 3 is 2.29 bits per heavy atom. The van der Waals surface area contributed by atoms with Gasteiger partial charge in [-0.05, 0) is 0 Å². The van der Waals surface area contributed by atoms with Crippen molar-refractivity contribution in [2.24, 2.45) is 0 Å². The molecule has 1 rings (SSSR count).